The molecule has 78 valence electrons. The highest BCUT2D eigenvalue weighted by atomic mass is 16.5. The van der Waals surface area contributed by atoms with Gasteiger partial charge in [0.2, 0.25) is 0 Å². The standard InChI is InChI=1S/C11H17NO2/c12-7-1-2-8-14-11-5-3-10(9-13)4-6-11/h3-6,13H,1-2,7-9,12H2. The summed E-state index contributed by atoms with van der Waals surface area (Å²) in [6, 6.07) is 7.46. The lowest BCUT2D eigenvalue weighted by atomic mass is 10.2. The largest absolute Gasteiger partial charge is 0.494 e. The summed E-state index contributed by atoms with van der Waals surface area (Å²) >= 11 is 0. The molecule has 0 aliphatic carbocycles. The lowest BCUT2D eigenvalue weighted by Gasteiger charge is -2.05. The molecule has 0 unspecified atom stereocenters. The molecular formula is C11H17NO2. The van der Waals surface area contributed by atoms with Crippen molar-refractivity contribution < 1.29 is 9.84 Å². The molecular weight excluding hydrogens is 178 g/mol. The van der Waals surface area contributed by atoms with Gasteiger partial charge in [0, 0.05) is 0 Å². The molecule has 3 heteroatoms. The number of ether oxygens (including phenoxy) is 1. The first kappa shape index (κ1) is 11.0. The van der Waals surface area contributed by atoms with Crippen molar-refractivity contribution in [1.82, 2.24) is 0 Å². The average Bonchev–Trinajstić information content (AvgIpc) is 2.25. The number of unbranched alkanes of at least 4 members (excludes halogenated alkanes) is 1. The molecule has 0 saturated carbocycles. The normalized spacial score (nSPS) is 10.1. The van der Waals surface area contributed by atoms with Gasteiger partial charge >= 0.3 is 0 Å². The van der Waals surface area contributed by atoms with Gasteiger partial charge in [0.25, 0.3) is 0 Å². The van der Waals surface area contributed by atoms with Crippen LogP contribution in [0.2, 0.25) is 0 Å². The van der Waals surface area contributed by atoms with Crippen LogP contribution in [0.3, 0.4) is 0 Å². The van der Waals surface area contributed by atoms with Crippen molar-refractivity contribution in [2.24, 2.45) is 5.73 Å². The van der Waals surface area contributed by atoms with E-state index in [1.54, 1.807) is 0 Å². The summed E-state index contributed by atoms with van der Waals surface area (Å²) in [4.78, 5) is 0. The van der Waals surface area contributed by atoms with Crippen LogP contribution in [0, 0.1) is 0 Å². The Morgan fingerprint density at radius 3 is 2.43 bits per heavy atom. The van der Waals surface area contributed by atoms with Crippen molar-refractivity contribution in [3.05, 3.63) is 29.8 Å². The van der Waals surface area contributed by atoms with Crippen molar-refractivity contribution >= 4 is 0 Å². The number of rotatable bonds is 6. The molecule has 0 aliphatic rings. The number of benzene rings is 1. The number of aliphatic hydroxyl groups excluding tert-OH is 1. The van der Waals surface area contributed by atoms with Crippen molar-refractivity contribution in [3.63, 3.8) is 0 Å². The van der Waals surface area contributed by atoms with E-state index < -0.39 is 0 Å². The highest BCUT2D eigenvalue weighted by Crippen LogP contribution is 2.12. The lowest BCUT2D eigenvalue weighted by molar-refractivity contribution is 0.281. The molecule has 0 saturated heterocycles. The third-order valence-electron chi connectivity index (χ3n) is 1.97. The maximum atomic E-state index is 8.82. The molecule has 0 spiro atoms. The number of aliphatic hydroxyl groups is 1. The minimum absolute atomic E-state index is 0.0768. The Balaban J connectivity index is 2.29. The van der Waals surface area contributed by atoms with Crippen LogP contribution >= 0.6 is 0 Å². The van der Waals surface area contributed by atoms with Crippen molar-refractivity contribution in [1.29, 1.82) is 0 Å². The molecule has 0 heterocycles. The number of hydrogen-bond acceptors (Lipinski definition) is 3. The van der Waals surface area contributed by atoms with Gasteiger partial charge in [-0.05, 0) is 37.1 Å². The van der Waals surface area contributed by atoms with Crippen LogP contribution in [0.4, 0.5) is 0 Å². The van der Waals surface area contributed by atoms with Gasteiger partial charge in [-0.3, -0.25) is 0 Å². The van der Waals surface area contributed by atoms with E-state index in [1.165, 1.54) is 0 Å². The average molecular weight is 195 g/mol. The maximum Gasteiger partial charge on any atom is 0.119 e. The van der Waals surface area contributed by atoms with Crippen LogP contribution in [0.1, 0.15) is 18.4 Å². The van der Waals surface area contributed by atoms with Gasteiger partial charge in [-0.1, -0.05) is 12.1 Å². The van der Waals surface area contributed by atoms with E-state index >= 15 is 0 Å². The van der Waals surface area contributed by atoms with Gasteiger partial charge in [-0.25, -0.2) is 0 Å². The first-order chi connectivity index (χ1) is 6.86. The summed E-state index contributed by atoms with van der Waals surface area (Å²) in [5.41, 5.74) is 6.26. The fraction of sp³-hybridized carbons (Fsp3) is 0.455. The number of hydrogen-bond donors (Lipinski definition) is 2. The maximum absolute atomic E-state index is 8.82. The first-order valence-electron chi connectivity index (χ1n) is 4.89. The summed E-state index contributed by atoms with van der Waals surface area (Å²) in [6.45, 7) is 1.50. The highest BCUT2D eigenvalue weighted by Gasteiger charge is 1.94. The van der Waals surface area contributed by atoms with E-state index in [2.05, 4.69) is 0 Å². The van der Waals surface area contributed by atoms with Gasteiger partial charge in [-0.2, -0.15) is 0 Å². The Labute approximate surface area is 84.5 Å². The van der Waals surface area contributed by atoms with E-state index in [0.717, 1.165) is 24.2 Å². The van der Waals surface area contributed by atoms with Crippen LogP contribution < -0.4 is 10.5 Å². The Morgan fingerprint density at radius 2 is 1.86 bits per heavy atom. The van der Waals surface area contributed by atoms with Gasteiger partial charge in [0.15, 0.2) is 0 Å². The molecule has 3 nitrogen and oxygen atoms in total. The Morgan fingerprint density at radius 1 is 1.14 bits per heavy atom. The summed E-state index contributed by atoms with van der Waals surface area (Å²) in [7, 11) is 0. The third kappa shape index (κ3) is 3.77. The minimum Gasteiger partial charge on any atom is -0.494 e. The van der Waals surface area contributed by atoms with E-state index in [4.69, 9.17) is 15.6 Å². The van der Waals surface area contributed by atoms with Crippen LogP contribution in [0.15, 0.2) is 24.3 Å². The second kappa shape index (κ2) is 6.40. The van der Waals surface area contributed by atoms with Crippen molar-refractivity contribution in [2.75, 3.05) is 13.2 Å². The molecule has 0 aromatic heterocycles. The van der Waals surface area contributed by atoms with E-state index in [9.17, 15) is 0 Å². The lowest BCUT2D eigenvalue weighted by Crippen LogP contribution is -2.03. The topological polar surface area (TPSA) is 55.5 Å². The number of nitrogens with two attached hydrogens (primary N) is 1. The zero-order valence-electron chi connectivity index (χ0n) is 8.28. The predicted octanol–water partition coefficient (Wildman–Crippen LogP) is 1.30. The van der Waals surface area contributed by atoms with Crippen LogP contribution in [-0.2, 0) is 6.61 Å². The molecule has 1 aromatic rings. The molecule has 14 heavy (non-hydrogen) atoms. The van der Waals surface area contributed by atoms with Gasteiger partial charge in [0.1, 0.15) is 5.75 Å². The predicted molar refractivity (Wildman–Crippen MR) is 56.1 cm³/mol. The molecule has 0 amide bonds. The SMILES string of the molecule is NCCCCOc1ccc(CO)cc1. The van der Waals surface area contributed by atoms with Crippen LogP contribution in [-0.4, -0.2) is 18.3 Å². The molecule has 3 N–H and O–H groups in total. The summed E-state index contributed by atoms with van der Waals surface area (Å²) in [5, 5.41) is 8.82. The second-order valence-electron chi connectivity index (χ2n) is 3.15. The molecule has 0 aliphatic heterocycles. The van der Waals surface area contributed by atoms with Crippen LogP contribution in [0.5, 0.6) is 5.75 Å². The molecule has 0 fully saturated rings. The van der Waals surface area contributed by atoms with E-state index in [0.29, 0.717) is 13.2 Å². The fourth-order valence-corrected chi connectivity index (χ4v) is 1.13. The quantitative estimate of drug-likeness (QED) is 0.673. The Hall–Kier alpha value is -1.06. The first-order valence-corrected chi connectivity index (χ1v) is 4.89. The van der Waals surface area contributed by atoms with E-state index in [-0.39, 0.29) is 6.61 Å². The smallest absolute Gasteiger partial charge is 0.119 e. The summed E-state index contributed by atoms with van der Waals surface area (Å²) in [5.74, 6) is 0.847. The Bertz CT molecular complexity index is 246. The molecule has 0 radical (unpaired) electrons. The molecule has 1 rings (SSSR count). The second-order valence-corrected chi connectivity index (χ2v) is 3.15. The van der Waals surface area contributed by atoms with Gasteiger partial charge in [-0.15, -0.1) is 0 Å². The Kier molecular flexibility index (Phi) is 5.04. The monoisotopic (exact) mass is 195 g/mol. The third-order valence-corrected chi connectivity index (χ3v) is 1.97. The summed E-state index contributed by atoms with van der Waals surface area (Å²) in [6.07, 6.45) is 1.98. The van der Waals surface area contributed by atoms with Crippen LogP contribution in [0.25, 0.3) is 0 Å². The fourth-order valence-electron chi connectivity index (χ4n) is 1.13. The van der Waals surface area contributed by atoms with E-state index in [1.807, 2.05) is 24.3 Å². The highest BCUT2D eigenvalue weighted by molar-refractivity contribution is 5.26. The van der Waals surface area contributed by atoms with Crippen molar-refractivity contribution in [3.8, 4) is 5.75 Å². The van der Waals surface area contributed by atoms with Crippen molar-refractivity contribution in [2.45, 2.75) is 19.4 Å². The zero-order valence-corrected chi connectivity index (χ0v) is 8.28. The molecule has 0 atom stereocenters. The minimum atomic E-state index is 0.0768. The molecule has 0 bridgehead atoms. The van der Waals surface area contributed by atoms with Gasteiger partial charge in [0.05, 0.1) is 13.2 Å². The zero-order chi connectivity index (χ0) is 10.2. The summed E-state index contributed by atoms with van der Waals surface area (Å²) < 4.78 is 5.47. The van der Waals surface area contributed by atoms with Gasteiger partial charge < -0.3 is 15.6 Å². The molecule has 1 aromatic carbocycles.